The molecule has 0 N–H and O–H groups in total. The molecule has 0 aliphatic heterocycles. The summed E-state index contributed by atoms with van der Waals surface area (Å²) in [6, 6.07) is 0. The molecule has 2 saturated carbocycles. The minimum atomic E-state index is -1.51. The van der Waals surface area contributed by atoms with Crippen molar-refractivity contribution in [1.29, 1.82) is 0 Å². The summed E-state index contributed by atoms with van der Waals surface area (Å²) in [5.74, 6) is 1.85. The molecule has 1 nitrogen and oxygen atoms in total. The third-order valence-electron chi connectivity index (χ3n) is 4.41. The first-order valence-electron chi connectivity index (χ1n) is 6.49. The van der Waals surface area contributed by atoms with Gasteiger partial charge < -0.3 is 4.43 Å². The fraction of sp³-hybridized carbons (Fsp3) is 1.00. The van der Waals surface area contributed by atoms with Crippen LogP contribution in [0.3, 0.4) is 0 Å². The zero-order chi connectivity index (χ0) is 11.3. The molecule has 2 heteroatoms. The molecule has 0 unspecified atom stereocenters. The van der Waals surface area contributed by atoms with Crippen LogP contribution < -0.4 is 0 Å². The molecule has 2 aliphatic carbocycles. The molecule has 0 aromatic rings. The van der Waals surface area contributed by atoms with Crippen molar-refractivity contribution in [3.63, 3.8) is 0 Å². The Hall–Kier alpha value is 0.177. The summed E-state index contributed by atoms with van der Waals surface area (Å²) in [4.78, 5) is 0. The van der Waals surface area contributed by atoms with Crippen LogP contribution >= 0.6 is 0 Å². The van der Waals surface area contributed by atoms with Crippen molar-refractivity contribution < 1.29 is 4.43 Å². The van der Waals surface area contributed by atoms with Gasteiger partial charge in [0.15, 0.2) is 8.32 Å². The van der Waals surface area contributed by atoms with Crippen LogP contribution in [0.4, 0.5) is 0 Å². The highest BCUT2D eigenvalue weighted by Gasteiger charge is 2.47. The van der Waals surface area contributed by atoms with Crippen molar-refractivity contribution in [1.82, 2.24) is 0 Å². The lowest BCUT2D eigenvalue weighted by Crippen LogP contribution is -2.45. The molecular weight excluding hydrogens is 200 g/mol. The maximum atomic E-state index is 6.59. The van der Waals surface area contributed by atoms with Gasteiger partial charge in [0.25, 0.3) is 0 Å². The van der Waals surface area contributed by atoms with Crippen molar-refractivity contribution in [3.8, 4) is 0 Å². The second kappa shape index (κ2) is 3.59. The van der Waals surface area contributed by atoms with Crippen molar-refractivity contribution in [2.24, 2.45) is 11.8 Å². The second-order valence-electron chi connectivity index (χ2n) is 7.02. The lowest BCUT2D eigenvalue weighted by molar-refractivity contribution is 0.136. The Morgan fingerprint density at radius 3 is 1.67 bits per heavy atom. The molecular formula is C13H26OSi. The Bertz CT molecular complexity index is 221. The zero-order valence-electron chi connectivity index (χ0n) is 11.0. The SMILES string of the molecule is CC(C)(C)[Si](C)(C)OC(C1CC1)C1CC1. The van der Waals surface area contributed by atoms with E-state index in [1.165, 1.54) is 25.7 Å². The highest BCUT2D eigenvalue weighted by atomic mass is 28.4. The van der Waals surface area contributed by atoms with Gasteiger partial charge in [-0.2, -0.15) is 0 Å². The Labute approximate surface area is 95.7 Å². The summed E-state index contributed by atoms with van der Waals surface area (Å²) in [6.07, 6.45) is 6.34. The predicted molar refractivity (Wildman–Crippen MR) is 67.5 cm³/mol. The van der Waals surface area contributed by atoms with Crippen LogP contribution in [-0.2, 0) is 4.43 Å². The Balaban J connectivity index is 1.98. The van der Waals surface area contributed by atoms with E-state index in [0.29, 0.717) is 11.1 Å². The molecule has 88 valence electrons. The van der Waals surface area contributed by atoms with Gasteiger partial charge in [-0.1, -0.05) is 20.8 Å². The van der Waals surface area contributed by atoms with Crippen molar-refractivity contribution in [3.05, 3.63) is 0 Å². The van der Waals surface area contributed by atoms with Crippen LogP contribution in [0.1, 0.15) is 46.5 Å². The summed E-state index contributed by atoms with van der Waals surface area (Å²) in [5, 5.41) is 0.370. The standard InChI is InChI=1S/C13H26OSi/c1-13(2,3)15(4,5)14-12(10-6-7-10)11-8-9-11/h10-12H,6-9H2,1-5H3. The van der Waals surface area contributed by atoms with Gasteiger partial charge in [-0.15, -0.1) is 0 Å². The summed E-state index contributed by atoms with van der Waals surface area (Å²) in [6.45, 7) is 11.8. The van der Waals surface area contributed by atoms with Crippen LogP contribution in [0.25, 0.3) is 0 Å². The molecule has 0 radical (unpaired) electrons. The molecule has 0 aromatic heterocycles. The summed E-state index contributed by atoms with van der Waals surface area (Å²) in [5.41, 5.74) is 0. The average Bonchev–Trinajstić information content (AvgIpc) is 2.93. The number of hydrogen-bond acceptors (Lipinski definition) is 1. The molecule has 2 fully saturated rings. The van der Waals surface area contributed by atoms with E-state index in [1.54, 1.807) is 0 Å². The predicted octanol–water partition coefficient (Wildman–Crippen LogP) is 4.20. The van der Waals surface area contributed by atoms with Gasteiger partial charge in [-0.3, -0.25) is 0 Å². The largest absolute Gasteiger partial charge is 0.413 e. The molecule has 0 bridgehead atoms. The summed E-state index contributed by atoms with van der Waals surface area (Å²) in [7, 11) is -1.51. The highest BCUT2D eigenvalue weighted by molar-refractivity contribution is 6.74. The van der Waals surface area contributed by atoms with E-state index in [2.05, 4.69) is 33.9 Å². The van der Waals surface area contributed by atoms with Gasteiger partial charge in [0.2, 0.25) is 0 Å². The van der Waals surface area contributed by atoms with Crippen molar-refractivity contribution in [2.75, 3.05) is 0 Å². The number of rotatable bonds is 4. The molecule has 2 rings (SSSR count). The Kier molecular flexibility index (Phi) is 2.79. The normalized spacial score (nSPS) is 23.6. The molecule has 0 amide bonds. The Morgan fingerprint density at radius 2 is 1.40 bits per heavy atom. The second-order valence-corrected chi connectivity index (χ2v) is 11.8. The maximum Gasteiger partial charge on any atom is 0.192 e. The molecule has 2 aliphatic rings. The van der Waals surface area contributed by atoms with Crippen LogP contribution in [-0.4, -0.2) is 14.4 Å². The fourth-order valence-electron chi connectivity index (χ4n) is 1.94. The average molecular weight is 226 g/mol. The van der Waals surface area contributed by atoms with Gasteiger partial charge in [-0.25, -0.2) is 0 Å². The first-order valence-corrected chi connectivity index (χ1v) is 9.40. The van der Waals surface area contributed by atoms with Gasteiger partial charge >= 0.3 is 0 Å². The minimum absolute atomic E-state index is 0.370. The van der Waals surface area contributed by atoms with Gasteiger partial charge in [-0.05, 0) is 55.7 Å². The lowest BCUT2D eigenvalue weighted by Gasteiger charge is -2.39. The fourth-order valence-corrected chi connectivity index (χ4v) is 3.36. The van der Waals surface area contributed by atoms with E-state index in [1.807, 2.05) is 0 Å². The van der Waals surface area contributed by atoms with Gasteiger partial charge in [0.1, 0.15) is 0 Å². The smallest absolute Gasteiger partial charge is 0.192 e. The summed E-state index contributed by atoms with van der Waals surface area (Å²) < 4.78 is 6.59. The zero-order valence-corrected chi connectivity index (χ0v) is 12.0. The van der Waals surface area contributed by atoms with Crippen LogP contribution in [0.15, 0.2) is 0 Å². The Morgan fingerprint density at radius 1 is 1.00 bits per heavy atom. The summed E-state index contributed by atoms with van der Waals surface area (Å²) >= 11 is 0. The van der Waals surface area contributed by atoms with E-state index < -0.39 is 8.32 Å². The number of hydrogen-bond donors (Lipinski definition) is 0. The van der Waals surface area contributed by atoms with Gasteiger partial charge in [0.05, 0.1) is 6.10 Å². The monoisotopic (exact) mass is 226 g/mol. The third kappa shape index (κ3) is 2.65. The van der Waals surface area contributed by atoms with Crippen LogP contribution in [0, 0.1) is 11.8 Å². The van der Waals surface area contributed by atoms with E-state index >= 15 is 0 Å². The molecule has 15 heavy (non-hydrogen) atoms. The minimum Gasteiger partial charge on any atom is -0.413 e. The van der Waals surface area contributed by atoms with Crippen LogP contribution in [0.5, 0.6) is 0 Å². The van der Waals surface area contributed by atoms with Crippen molar-refractivity contribution >= 4 is 8.32 Å². The first-order chi connectivity index (χ1) is 6.81. The van der Waals surface area contributed by atoms with E-state index in [-0.39, 0.29) is 0 Å². The van der Waals surface area contributed by atoms with Crippen molar-refractivity contribution in [2.45, 2.75) is 70.7 Å². The highest BCUT2D eigenvalue weighted by Crippen LogP contribution is 2.49. The first kappa shape index (κ1) is 11.7. The topological polar surface area (TPSA) is 9.23 Å². The molecule has 0 saturated heterocycles. The maximum absolute atomic E-state index is 6.59. The van der Waals surface area contributed by atoms with E-state index in [0.717, 1.165) is 11.8 Å². The molecule has 0 aromatic carbocycles. The van der Waals surface area contributed by atoms with Crippen LogP contribution in [0.2, 0.25) is 18.1 Å². The molecule has 0 spiro atoms. The molecule has 0 atom stereocenters. The third-order valence-corrected chi connectivity index (χ3v) is 8.88. The van der Waals surface area contributed by atoms with E-state index in [9.17, 15) is 0 Å². The quantitative estimate of drug-likeness (QED) is 0.653. The lowest BCUT2D eigenvalue weighted by atomic mass is 10.1. The van der Waals surface area contributed by atoms with E-state index in [4.69, 9.17) is 4.43 Å². The van der Waals surface area contributed by atoms with Gasteiger partial charge in [0, 0.05) is 0 Å². The molecule has 0 heterocycles.